The molecule has 0 aliphatic rings. The van der Waals surface area contributed by atoms with Crippen LogP contribution < -0.4 is 19.6 Å². The van der Waals surface area contributed by atoms with Gasteiger partial charge in [-0.3, -0.25) is 5.43 Å². The second-order valence-electron chi connectivity index (χ2n) is 4.83. The summed E-state index contributed by atoms with van der Waals surface area (Å²) >= 11 is 5.83. The molecule has 25 heavy (non-hydrogen) atoms. The predicted molar refractivity (Wildman–Crippen MR) is 95.7 cm³/mol. The number of hydrazone groups is 1. The Morgan fingerprint density at radius 3 is 2.28 bits per heavy atom. The maximum Gasteiger partial charge on any atom is 0.337 e. The molecular formula is C17H17ClN2O5. The molecule has 0 aliphatic carbocycles. The van der Waals surface area contributed by atoms with E-state index in [2.05, 4.69) is 10.5 Å². The first kappa shape index (κ1) is 18.4. The summed E-state index contributed by atoms with van der Waals surface area (Å²) in [7, 11) is 4.57. The second-order valence-corrected chi connectivity index (χ2v) is 5.24. The predicted octanol–water partition coefficient (Wildman–Crippen LogP) is 3.51. The van der Waals surface area contributed by atoms with E-state index in [1.807, 2.05) is 0 Å². The Balaban J connectivity index is 2.22. The number of nitrogens with one attached hydrogen (secondary N) is 1. The van der Waals surface area contributed by atoms with Gasteiger partial charge >= 0.3 is 5.97 Å². The maximum absolute atomic E-state index is 11.1. The summed E-state index contributed by atoms with van der Waals surface area (Å²) in [6.45, 7) is 0. The van der Waals surface area contributed by atoms with Gasteiger partial charge in [-0.2, -0.15) is 5.10 Å². The van der Waals surface area contributed by atoms with Crippen molar-refractivity contribution >= 4 is 29.5 Å². The zero-order valence-corrected chi connectivity index (χ0v) is 14.6. The summed E-state index contributed by atoms with van der Waals surface area (Å²) in [6, 6.07) is 7.98. The van der Waals surface area contributed by atoms with Crippen molar-refractivity contribution in [1.29, 1.82) is 0 Å². The molecule has 7 nitrogen and oxygen atoms in total. The SMILES string of the molecule is COc1cc(/C=N\Nc2ccc(Cl)c(C(=O)O)c2)cc(OC)c1OC. The minimum absolute atomic E-state index is 0.00495. The van der Waals surface area contributed by atoms with E-state index in [0.717, 1.165) is 0 Å². The van der Waals surface area contributed by atoms with Gasteiger partial charge in [0.1, 0.15) is 0 Å². The number of carbonyl (C=O) groups is 1. The third-order valence-corrected chi connectivity index (χ3v) is 3.62. The maximum atomic E-state index is 11.1. The van der Waals surface area contributed by atoms with Crippen LogP contribution in [0.1, 0.15) is 15.9 Å². The number of rotatable bonds is 7. The highest BCUT2D eigenvalue weighted by Gasteiger charge is 2.12. The average Bonchev–Trinajstić information content (AvgIpc) is 2.61. The van der Waals surface area contributed by atoms with Crippen molar-refractivity contribution in [2.24, 2.45) is 5.10 Å². The molecule has 0 radical (unpaired) electrons. The number of halogens is 1. The van der Waals surface area contributed by atoms with E-state index in [4.69, 9.17) is 30.9 Å². The van der Waals surface area contributed by atoms with Gasteiger partial charge in [-0.25, -0.2) is 4.79 Å². The quantitative estimate of drug-likeness (QED) is 0.577. The molecule has 0 unspecified atom stereocenters. The molecule has 0 atom stereocenters. The molecule has 0 spiro atoms. The number of benzene rings is 2. The van der Waals surface area contributed by atoms with Gasteiger partial charge in [0.05, 0.1) is 43.8 Å². The standard InChI is InChI=1S/C17H17ClN2O5/c1-23-14-6-10(7-15(24-2)16(14)25-3)9-19-20-11-4-5-13(18)12(8-11)17(21)22/h4-9,20H,1-3H3,(H,21,22)/b19-9-. The lowest BCUT2D eigenvalue weighted by Crippen LogP contribution is -2.00. The van der Waals surface area contributed by atoms with Crippen LogP contribution in [0.4, 0.5) is 5.69 Å². The fourth-order valence-corrected chi connectivity index (χ4v) is 2.31. The Kier molecular flexibility index (Phi) is 6.08. The largest absolute Gasteiger partial charge is 0.493 e. The fraction of sp³-hybridized carbons (Fsp3) is 0.176. The topological polar surface area (TPSA) is 89.4 Å². The van der Waals surface area contributed by atoms with Crippen molar-refractivity contribution in [3.8, 4) is 17.2 Å². The van der Waals surface area contributed by atoms with Crippen molar-refractivity contribution in [2.75, 3.05) is 26.8 Å². The Hall–Kier alpha value is -2.93. The summed E-state index contributed by atoms with van der Waals surface area (Å²) < 4.78 is 15.8. The van der Waals surface area contributed by atoms with Crippen LogP contribution in [0, 0.1) is 0 Å². The Morgan fingerprint density at radius 1 is 1.12 bits per heavy atom. The van der Waals surface area contributed by atoms with E-state index in [9.17, 15) is 4.79 Å². The van der Waals surface area contributed by atoms with Crippen LogP contribution in [-0.4, -0.2) is 38.6 Å². The Morgan fingerprint density at radius 2 is 1.76 bits per heavy atom. The van der Waals surface area contributed by atoms with Crippen LogP contribution in [-0.2, 0) is 0 Å². The van der Waals surface area contributed by atoms with E-state index >= 15 is 0 Å². The smallest absolute Gasteiger partial charge is 0.337 e. The highest BCUT2D eigenvalue weighted by Crippen LogP contribution is 2.37. The minimum Gasteiger partial charge on any atom is -0.493 e. The van der Waals surface area contributed by atoms with Crippen molar-refractivity contribution < 1.29 is 24.1 Å². The molecule has 0 bridgehead atoms. The summed E-state index contributed by atoms with van der Waals surface area (Å²) in [6.07, 6.45) is 1.54. The van der Waals surface area contributed by atoms with E-state index < -0.39 is 5.97 Å². The third-order valence-electron chi connectivity index (χ3n) is 3.29. The third kappa shape index (κ3) is 4.33. The molecule has 132 valence electrons. The fourth-order valence-electron chi connectivity index (χ4n) is 2.12. The number of carboxylic acid groups (broad SMARTS) is 1. The molecule has 0 saturated carbocycles. The number of carboxylic acids is 1. The van der Waals surface area contributed by atoms with Gasteiger partial charge in [-0.05, 0) is 30.3 Å². The van der Waals surface area contributed by atoms with Crippen molar-refractivity contribution in [3.05, 3.63) is 46.5 Å². The second kappa shape index (κ2) is 8.25. The van der Waals surface area contributed by atoms with E-state index in [-0.39, 0.29) is 10.6 Å². The van der Waals surface area contributed by atoms with Gasteiger partial charge in [-0.1, -0.05) is 11.6 Å². The molecule has 2 N–H and O–H groups in total. The van der Waals surface area contributed by atoms with Crippen molar-refractivity contribution in [2.45, 2.75) is 0 Å². The molecule has 0 saturated heterocycles. The first-order chi connectivity index (χ1) is 12.0. The van der Waals surface area contributed by atoms with Crippen LogP contribution in [0.3, 0.4) is 0 Å². The highest BCUT2D eigenvalue weighted by atomic mass is 35.5. The van der Waals surface area contributed by atoms with Gasteiger partial charge in [0, 0.05) is 5.56 Å². The summed E-state index contributed by atoms with van der Waals surface area (Å²) in [5, 5.41) is 13.3. The van der Waals surface area contributed by atoms with Crippen LogP contribution >= 0.6 is 11.6 Å². The normalized spacial score (nSPS) is 10.6. The van der Waals surface area contributed by atoms with Crippen LogP contribution in [0.25, 0.3) is 0 Å². The van der Waals surface area contributed by atoms with Crippen LogP contribution in [0.2, 0.25) is 5.02 Å². The zero-order valence-electron chi connectivity index (χ0n) is 13.9. The first-order valence-electron chi connectivity index (χ1n) is 7.12. The van der Waals surface area contributed by atoms with E-state index in [1.165, 1.54) is 33.5 Å². The number of anilines is 1. The van der Waals surface area contributed by atoms with Gasteiger partial charge in [-0.15, -0.1) is 0 Å². The van der Waals surface area contributed by atoms with Crippen molar-refractivity contribution in [1.82, 2.24) is 0 Å². The summed E-state index contributed by atoms with van der Waals surface area (Å²) in [5.41, 5.74) is 3.94. The molecule has 0 heterocycles. The molecular weight excluding hydrogens is 348 g/mol. The monoisotopic (exact) mass is 364 g/mol. The number of aromatic carboxylic acids is 1. The minimum atomic E-state index is -1.11. The molecule has 2 aromatic rings. The number of nitrogens with zero attached hydrogens (tertiary/aromatic N) is 1. The number of hydrogen-bond acceptors (Lipinski definition) is 6. The number of methoxy groups -OCH3 is 3. The molecule has 0 aliphatic heterocycles. The van der Waals surface area contributed by atoms with Gasteiger partial charge in [0.15, 0.2) is 11.5 Å². The van der Waals surface area contributed by atoms with Gasteiger partial charge in [0.2, 0.25) is 5.75 Å². The van der Waals surface area contributed by atoms with Crippen LogP contribution in [0.5, 0.6) is 17.2 Å². The Labute approximate surface area is 149 Å². The van der Waals surface area contributed by atoms with E-state index in [1.54, 1.807) is 24.4 Å². The van der Waals surface area contributed by atoms with Gasteiger partial charge in [0.25, 0.3) is 0 Å². The molecule has 0 fully saturated rings. The molecule has 0 aromatic heterocycles. The lowest BCUT2D eigenvalue weighted by Gasteiger charge is -2.12. The highest BCUT2D eigenvalue weighted by molar-refractivity contribution is 6.33. The average molecular weight is 365 g/mol. The lowest BCUT2D eigenvalue weighted by molar-refractivity contribution is 0.0697. The summed E-state index contributed by atoms with van der Waals surface area (Å²) in [5.74, 6) is 0.382. The zero-order chi connectivity index (χ0) is 18.4. The molecule has 2 rings (SSSR count). The molecule has 2 aromatic carbocycles. The summed E-state index contributed by atoms with van der Waals surface area (Å²) in [4.78, 5) is 11.1. The van der Waals surface area contributed by atoms with Crippen molar-refractivity contribution in [3.63, 3.8) is 0 Å². The molecule has 0 amide bonds. The Bertz CT molecular complexity index is 783. The van der Waals surface area contributed by atoms with E-state index in [0.29, 0.717) is 28.5 Å². The van der Waals surface area contributed by atoms with Crippen LogP contribution in [0.15, 0.2) is 35.4 Å². The number of ether oxygens (including phenoxy) is 3. The molecule has 8 heteroatoms. The van der Waals surface area contributed by atoms with Gasteiger partial charge < -0.3 is 19.3 Å². The first-order valence-corrected chi connectivity index (χ1v) is 7.50. The number of hydrogen-bond donors (Lipinski definition) is 2. The lowest BCUT2D eigenvalue weighted by atomic mass is 10.2.